The fourth-order valence-electron chi connectivity index (χ4n) is 1.05. The van der Waals surface area contributed by atoms with Crippen LogP contribution in [-0.4, -0.2) is 32.0 Å². The van der Waals surface area contributed by atoms with E-state index in [4.69, 9.17) is 0 Å². The van der Waals surface area contributed by atoms with Crippen molar-refractivity contribution in [2.24, 2.45) is 5.92 Å². The Hall–Kier alpha value is -0.780. The molecule has 0 saturated carbocycles. The van der Waals surface area contributed by atoms with Gasteiger partial charge in [0, 0.05) is 7.11 Å². The molecule has 84 valence electrons. The van der Waals surface area contributed by atoms with Crippen molar-refractivity contribution < 1.29 is 27.4 Å². The largest absolute Gasteiger partial charge is 0.468 e. The number of esters is 1. The molecule has 0 bridgehead atoms. The lowest BCUT2D eigenvalue weighted by molar-refractivity contribution is -0.232. The Balaban J connectivity index is 5.02. The summed E-state index contributed by atoms with van der Waals surface area (Å²) in [5.74, 6) is -3.62. The molecule has 0 aliphatic carbocycles. The summed E-state index contributed by atoms with van der Waals surface area (Å²) in [7, 11) is 2.02. The molecule has 0 N–H and O–H groups in total. The van der Waals surface area contributed by atoms with Crippen LogP contribution in [0.1, 0.15) is 13.8 Å². The van der Waals surface area contributed by atoms with Crippen molar-refractivity contribution in [1.82, 2.24) is 0 Å². The van der Waals surface area contributed by atoms with Crippen LogP contribution in [0, 0.1) is 5.92 Å². The second kappa shape index (κ2) is 4.16. The van der Waals surface area contributed by atoms with Crippen LogP contribution in [0.2, 0.25) is 0 Å². The van der Waals surface area contributed by atoms with Crippen LogP contribution in [0.15, 0.2) is 0 Å². The van der Waals surface area contributed by atoms with Crippen molar-refractivity contribution in [2.75, 3.05) is 14.2 Å². The van der Waals surface area contributed by atoms with Crippen LogP contribution < -0.4 is 0 Å². The van der Waals surface area contributed by atoms with Crippen LogP contribution in [0.5, 0.6) is 0 Å². The van der Waals surface area contributed by atoms with Gasteiger partial charge in [-0.25, -0.2) is 0 Å². The zero-order valence-electron chi connectivity index (χ0n) is 8.44. The van der Waals surface area contributed by atoms with E-state index in [9.17, 15) is 18.0 Å². The molecular formula is C8H13F3O3. The van der Waals surface area contributed by atoms with Gasteiger partial charge in [0.05, 0.1) is 12.7 Å². The molecule has 1 atom stereocenters. The topological polar surface area (TPSA) is 35.5 Å². The Morgan fingerprint density at radius 2 is 1.64 bits per heavy atom. The lowest BCUT2D eigenvalue weighted by Gasteiger charge is -2.32. The molecule has 0 saturated heterocycles. The predicted molar refractivity (Wildman–Crippen MR) is 42.6 cm³/mol. The highest BCUT2D eigenvalue weighted by molar-refractivity contribution is 5.74. The van der Waals surface area contributed by atoms with E-state index in [0.29, 0.717) is 0 Å². The van der Waals surface area contributed by atoms with Gasteiger partial charge in [-0.3, -0.25) is 4.79 Å². The van der Waals surface area contributed by atoms with E-state index in [0.717, 1.165) is 14.2 Å². The molecule has 6 heteroatoms. The average Bonchev–Trinajstić information content (AvgIpc) is 2.01. The second-order valence-electron chi connectivity index (χ2n) is 3.31. The summed E-state index contributed by atoms with van der Waals surface area (Å²) >= 11 is 0. The minimum atomic E-state index is -4.67. The van der Waals surface area contributed by atoms with Crippen molar-refractivity contribution >= 4 is 5.97 Å². The fraction of sp³-hybridized carbons (Fsp3) is 0.875. The standard InChI is InChI=1S/C8H13F3O3/c1-7(2,14-4)5(6(12)13-3)8(9,10)11/h5H,1-4H3. The number of hydrogen-bond acceptors (Lipinski definition) is 3. The molecule has 0 radical (unpaired) electrons. The molecule has 0 aromatic rings. The SMILES string of the molecule is COC(=O)C(C(F)(F)F)C(C)(C)OC. The smallest absolute Gasteiger partial charge is 0.405 e. The molecule has 0 aliphatic heterocycles. The zero-order chi connectivity index (χ0) is 11.6. The van der Waals surface area contributed by atoms with Crippen molar-refractivity contribution in [3.8, 4) is 0 Å². The molecule has 0 heterocycles. The number of alkyl halides is 3. The maximum atomic E-state index is 12.5. The van der Waals surface area contributed by atoms with Crippen molar-refractivity contribution in [3.63, 3.8) is 0 Å². The van der Waals surface area contributed by atoms with Crippen molar-refractivity contribution in [2.45, 2.75) is 25.6 Å². The van der Waals surface area contributed by atoms with E-state index in [1.165, 1.54) is 13.8 Å². The molecule has 1 unspecified atom stereocenters. The van der Waals surface area contributed by atoms with Gasteiger partial charge in [-0.1, -0.05) is 0 Å². The Bertz CT molecular complexity index is 210. The highest BCUT2D eigenvalue weighted by Crippen LogP contribution is 2.36. The number of carbonyl (C=O) groups excluding carboxylic acids is 1. The molecule has 0 aliphatic rings. The summed E-state index contributed by atoms with van der Waals surface area (Å²) in [5, 5.41) is 0. The molecular weight excluding hydrogens is 201 g/mol. The van der Waals surface area contributed by atoms with Crippen LogP contribution in [0.3, 0.4) is 0 Å². The minimum Gasteiger partial charge on any atom is -0.468 e. The first-order chi connectivity index (χ1) is 6.16. The van der Waals surface area contributed by atoms with Gasteiger partial charge in [0.1, 0.15) is 0 Å². The highest BCUT2D eigenvalue weighted by Gasteiger charge is 2.55. The summed E-state index contributed by atoms with van der Waals surface area (Å²) in [6, 6.07) is 0. The van der Waals surface area contributed by atoms with Crippen LogP contribution in [0.4, 0.5) is 13.2 Å². The fourth-order valence-corrected chi connectivity index (χ4v) is 1.05. The summed E-state index contributed by atoms with van der Waals surface area (Å²) in [6.45, 7) is 2.37. The van der Waals surface area contributed by atoms with E-state index >= 15 is 0 Å². The van der Waals surface area contributed by atoms with Crippen LogP contribution in [0.25, 0.3) is 0 Å². The summed E-state index contributed by atoms with van der Waals surface area (Å²) < 4.78 is 46.1. The van der Waals surface area contributed by atoms with Gasteiger partial charge in [0.15, 0.2) is 5.92 Å². The van der Waals surface area contributed by atoms with Crippen molar-refractivity contribution in [1.29, 1.82) is 0 Å². The van der Waals surface area contributed by atoms with Gasteiger partial charge in [0.25, 0.3) is 0 Å². The first kappa shape index (κ1) is 13.2. The van der Waals surface area contributed by atoms with E-state index in [2.05, 4.69) is 9.47 Å². The summed E-state index contributed by atoms with van der Waals surface area (Å²) in [6.07, 6.45) is -4.67. The highest BCUT2D eigenvalue weighted by atomic mass is 19.4. The molecule has 14 heavy (non-hydrogen) atoms. The number of methoxy groups -OCH3 is 2. The first-order valence-electron chi connectivity index (χ1n) is 3.86. The Labute approximate surface area is 80.2 Å². The summed E-state index contributed by atoms with van der Waals surface area (Å²) in [5.41, 5.74) is -1.63. The first-order valence-corrected chi connectivity index (χ1v) is 3.86. The van der Waals surface area contributed by atoms with Crippen LogP contribution >= 0.6 is 0 Å². The lowest BCUT2D eigenvalue weighted by Crippen LogP contribution is -2.48. The Morgan fingerprint density at radius 3 is 1.86 bits per heavy atom. The number of carbonyl (C=O) groups is 1. The molecule has 0 spiro atoms. The van der Waals surface area contributed by atoms with Gasteiger partial charge in [-0.05, 0) is 13.8 Å². The number of halogens is 3. The van der Waals surface area contributed by atoms with E-state index < -0.39 is 23.7 Å². The zero-order valence-corrected chi connectivity index (χ0v) is 8.44. The van der Waals surface area contributed by atoms with Gasteiger partial charge in [-0.2, -0.15) is 13.2 Å². The van der Waals surface area contributed by atoms with E-state index in [1.807, 2.05) is 0 Å². The average molecular weight is 214 g/mol. The van der Waals surface area contributed by atoms with Gasteiger partial charge >= 0.3 is 12.1 Å². The van der Waals surface area contributed by atoms with E-state index in [-0.39, 0.29) is 0 Å². The van der Waals surface area contributed by atoms with E-state index in [1.54, 1.807) is 0 Å². The molecule has 0 rings (SSSR count). The third-order valence-corrected chi connectivity index (χ3v) is 1.99. The molecule has 0 aromatic carbocycles. The minimum absolute atomic E-state index is 0.910. The summed E-state index contributed by atoms with van der Waals surface area (Å²) in [4.78, 5) is 10.9. The molecule has 0 aromatic heterocycles. The normalized spacial score (nSPS) is 15.1. The van der Waals surface area contributed by atoms with Gasteiger partial charge < -0.3 is 9.47 Å². The number of hydrogen-bond donors (Lipinski definition) is 0. The predicted octanol–water partition coefficient (Wildman–Crippen LogP) is 1.76. The molecule has 0 fully saturated rings. The maximum absolute atomic E-state index is 12.5. The Kier molecular flexibility index (Phi) is 3.93. The second-order valence-corrected chi connectivity index (χ2v) is 3.31. The number of ether oxygens (including phenoxy) is 2. The third kappa shape index (κ3) is 2.87. The lowest BCUT2D eigenvalue weighted by atomic mass is 9.90. The quantitative estimate of drug-likeness (QED) is 0.671. The van der Waals surface area contributed by atoms with Crippen LogP contribution in [-0.2, 0) is 14.3 Å². The number of rotatable bonds is 3. The Morgan fingerprint density at radius 1 is 1.21 bits per heavy atom. The molecule has 3 nitrogen and oxygen atoms in total. The monoisotopic (exact) mass is 214 g/mol. The third-order valence-electron chi connectivity index (χ3n) is 1.99. The maximum Gasteiger partial charge on any atom is 0.405 e. The van der Waals surface area contributed by atoms with Gasteiger partial charge in [0.2, 0.25) is 0 Å². The van der Waals surface area contributed by atoms with Crippen molar-refractivity contribution in [3.05, 3.63) is 0 Å². The molecule has 0 amide bonds. The van der Waals surface area contributed by atoms with Gasteiger partial charge in [-0.15, -0.1) is 0 Å².